The molecule has 56 valence electrons. The molecule has 0 bridgehead atoms. The van der Waals surface area contributed by atoms with Crippen LogP contribution in [0.1, 0.15) is 17.5 Å². The summed E-state index contributed by atoms with van der Waals surface area (Å²) in [5.74, 6) is -0.425. The van der Waals surface area contributed by atoms with Crippen molar-refractivity contribution in [1.82, 2.24) is 15.2 Å². The van der Waals surface area contributed by atoms with Gasteiger partial charge in [0.15, 0.2) is 0 Å². The number of H-pyrrole nitrogens is 1. The van der Waals surface area contributed by atoms with Gasteiger partial charge in [0.25, 0.3) is 5.82 Å². The van der Waals surface area contributed by atoms with Crippen LogP contribution in [-0.2, 0) is 4.74 Å². The van der Waals surface area contributed by atoms with Crippen molar-refractivity contribution in [2.75, 3.05) is 6.61 Å². The van der Waals surface area contributed by atoms with Crippen LogP contribution < -0.4 is 0 Å². The molecule has 0 aliphatic carbocycles. The van der Waals surface area contributed by atoms with E-state index in [2.05, 4.69) is 19.9 Å². The van der Waals surface area contributed by atoms with Gasteiger partial charge < -0.3 is 4.74 Å². The molecule has 0 fully saturated rings. The molecule has 11 heavy (non-hydrogen) atoms. The molecule has 1 heterocycles. The molecule has 0 unspecified atom stereocenters. The molecule has 0 saturated carbocycles. The predicted molar refractivity (Wildman–Crippen MR) is 39.5 cm³/mol. The first-order valence-corrected chi connectivity index (χ1v) is 2.87. The van der Waals surface area contributed by atoms with Crippen LogP contribution in [0.5, 0.6) is 0 Å². The van der Waals surface area contributed by atoms with Crippen LogP contribution in [0.25, 0.3) is 0 Å². The van der Waals surface area contributed by atoms with Crippen molar-refractivity contribution in [3.8, 4) is 0 Å². The zero-order valence-corrected chi connectivity index (χ0v) is 5.50. The molecule has 0 saturated heterocycles. The SMILES string of the molecule is CCOC(=O)c1nc[nH]n1.[KH]. The number of nitrogens with one attached hydrogen (secondary N) is 1. The molecular weight excluding hydrogens is 173 g/mol. The van der Waals surface area contributed by atoms with Crippen molar-refractivity contribution in [3.63, 3.8) is 0 Å². The minimum absolute atomic E-state index is 0. The number of carbonyl (C=O) groups is 1. The van der Waals surface area contributed by atoms with Crippen LogP contribution in [0.2, 0.25) is 0 Å². The first-order valence-electron chi connectivity index (χ1n) is 2.87. The summed E-state index contributed by atoms with van der Waals surface area (Å²) in [5, 5.41) is 5.93. The Morgan fingerprint density at radius 1 is 1.82 bits per heavy atom. The van der Waals surface area contributed by atoms with Crippen molar-refractivity contribution in [1.29, 1.82) is 0 Å². The third-order valence-electron chi connectivity index (χ3n) is 0.873. The Morgan fingerprint density at radius 3 is 3.00 bits per heavy atom. The van der Waals surface area contributed by atoms with Gasteiger partial charge in [-0.2, -0.15) is 0 Å². The third-order valence-corrected chi connectivity index (χ3v) is 0.873. The van der Waals surface area contributed by atoms with Crippen LogP contribution in [-0.4, -0.2) is 79.1 Å². The standard InChI is InChI=1S/C5H7N3O2.K.H/c1-2-10-5(9)4-6-3-7-8-4;;/h3H,2H2,1H3,(H,6,7,8);;. The van der Waals surface area contributed by atoms with Gasteiger partial charge in [-0.15, -0.1) is 5.10 Å². The van der Waals surface area contributed by atoms with Gasteiger partial charge in [-0.3, -0.25) is 5.10 Å². The Hall–Kier alpha value is 0.246. The molecule has 0 amide bonds. The summed E-state index contributed by atoms with van der Waals surface area (Å²) in [5.41, 5.74) is 0. The van der Waals surface area contributed by atoms with Crippen LogP contribution in [0, 0.1) is 0 Å². The molecule has 0 aliphatic rings. The molecule has 1 N–H and O–H groups in total. The van der Waals surface area contributed by atoms with Crippen molar-refractivity contribution >= 4 is 57.4 Å². The van der Waals surface area contributed by atoms with Gasteiger partial charge in [-0.05, 0) is 6.92 Å². The van der Waals surface area contributed by atoms with Gasteiger partial charge >= 0.3 is 57.4 Å². The average Bonchev–Trinajstić information content (AvgIpc) is 2.38. The maximum absolute atomic E-state index is 10.7. The fourth-order valence-electron chi connectivity index (χ4n) is 0.503. The number of rotatable bonds is 2. The second-order valence-corrected chi connectivity index (χ2v) is 1.54. The van der Waals surface area contributed by atoms with Crippen molar-refractivity contribution < 1.29 is 9.53 Å². The molecule has 0 aromatic carbocycles. The molecule has 0 spiro atoms. The zero-order valence-electron chi connectivity index (χ0n) is 5.50. The normalized spacial score (nSPS) is 8.45. The molecule has 0 radical (unpaired) electrons. The van der Waals surface area contributed by atoms with E-state index in [1.165, 1.54) is 6.33 Å². The second-order valence-electron chi connectivity index (χ2n) is 1.54. The van der Waals surface area contributed by atoms with Crippen molar-refractivity contribution in [2.45, 2.75) is 6.92 Å². The summed E-state index contributed by atoms with van der Waals surface area (Å²) in [6, 6.07) is 0. The van der Waals surface area contributed by atoms with Crippen LogP contribution in [0.15, 0.2) is 6.33 Å². The van der Waals surface area contributed by atoms with Crippen molar-refractivity contribution in [3.05, 3.63) is 12.2 Å². The number of hydrogen-bond donors (Lipinski definition) is 1. The summed E-state index contributed by atoms with van der Waals surface area (Å²) in [6.07, 6.45) is 1.33. The maximum atomic E-state index is 10.7. The number of aromatic amines is 1. The quantitative estimate of drug-likeness (QED) is 0.485. The number of ether oxygens (including phenoxy) is 1. The average molecular weight is 181 g/mol. The molecular formula is C5H8KN3O2. The Labute approximate surface area is 106 Å². The Bertz CT molecular complexity index is 212. The van der Waals surface area contributed by atoms with E-state index in [-0.39, 0.29) is 57.2 Å². The van der Waals surface area contributed by atoms with E-state index in [1.54, 1.807) is 6.92 Å². The van der Waals surface area contributed by atoms with E-state index in [0.29, 0.717) is 6.61 Å². The molecule has 1 rings (SSSR count). The number of hydrogen-bond acceptors (Lipinski definition) is 4. The molecule has 0 atom stereocenters. The van der Waals surface area contributed by atoms with Gasteiger partial charge in [0, 0.05) is 0 Å². The van der Waals surface area contributed by atoms with Gasteiger partial charge in [-0.1, -0.05) is 0 Å². The molecule has 6 heteroatoms. The van der Waals surface area contributed by atoms with E-state index in [0.717, 1.165) is 0 Å². The van der Waals surface area contributed by atoms with E-state index in [1.807, 2.05) is 0 Å². The third kappa shape index (κ3) is 3.43. The number of esters is 1. The Balaban J connectivity index is 0.000001000. The summed E-state index contributed by atoms with van der Waals surface area (Å²) < 4.78 is 4.60. The Morgan fingerprint density at radius 2 is 2.55 bits per heavy atom. The second kappa shape index (κ2) is 5.84. The fourth-order valence-corrected chi connectivity index (χ4v) is 0.503. The Kier molecular flexibility index (Phi) is 5.97. The van der Waals surface area contributed by atoms with Crippen LogP contribution in [0.3, 0.4) is 0 Å². The summed E-state index contributed by atoms with van der Waals surface area (Å²) in [7, 11) is 0. The molecule has 5 nitrogen and oxygen atoms in total. The summed E-state index contributed by atoms with van der Waals surface area (Å²) >= 11 is 0. The number of nitrogens with zero attached hydrogens (tertiary/aromatic N) is 2. The predicted octanol–water partition coefficient (Wildman–Crippen LogP) is -0.667. The van der Waals surface area contributed by atoms with E-state index < -0.39 is 5.97 Å². The summed E-state index contributed by atoms with van der Waals surface area (Å²) in [4.78, 5) is 14.3. The van der Waals surface area contributed by atoms with Gasteiger partial charge in [0.05, 0.1) is 6.61 Å². The fraction of sp³-hybridized carbons (Fsp3) is 0.400. The van der Waals surface area contributed by atoms with Crippen LogP contribution in [0.4, 0.5) is 0 Å². The van der Waals surface area contributed by atoms with Crippen LogP contribution >= 0.6 is 0 Å². The van der Waals surface area contributed by atoms with Gasteiger partial charge in [-0.25, -0.2) is 9.78 Å². The van der Waals surface area contributed by atoms with E-state index >= 15 is 0 Å². The van der Waals surface area contributed by atoms with Gasteiger partial charge in [0.1, 0.15) is 6.33 Å². The number of aromatic nitrogens is 3. The molecule has 1 aromatic rings. The minimum atomic E-state index is -0.497. The van der Waals surface area contributed by atoms with Gasteiger partial charge in [0.2, 0.25) is 0 Å². The summed E-state index contributed by atoms with van der Waals surface area (Å²) in [6.45, 7) is 2.07. The number of carbonyl (C=O) groups excluding carboxylic acids is 1. The van der Waals surface area contributed by atoms with Crippen molar-refractivity contribution in [2.24, 2.45) is 0 Å². The first-order chi connectivity index (χ1) is 4.84. The van der Waals surface area contributed by atoms with E-state index in [4.69, 9.17) is 0 Å². The molecule has 0 aliphatic heterocycles. The topological polar surface area (TPSA) is 67.9 Å². The first kappa shape index (κ1) is 11.2. The molecule has 1 aromatic heterocycles. The monoisotopic (exact) mass is 181 g/mol. The van der Waals surface area contributed by atoms with E-state index in [9.17, 15) is 4.79 Å². The zero-order chi connectivity index (χ0) is 7.40.